The summed E-state index contributed by atoms with van der Waals surface area (Å²) in [7, 11) is 0. The molecule has 0 atom stereocenters. The van der Waals surface area contributed by atoms with Gasteiger partial charge in [0.15, 0.2) is 0 Å². The van der Waals surface area contributed by atoms with Crippen molar-refractivity contribution in [2.45, 2.75) is 39.7 Å². The highest BCUT2D eigenvalue weighted by Gasteiger charge is 2.15. The molecule has 0 unspecified atom stereocenters. The fourth-order valence-corrected chi connectivity index (χ4v) is 1.76. The van der Waals surface area contributed by atoms with Gasteiger partial charge in [-0.1, -0.05) is 12.1 Å². The van der Waals surface area contributed by atoms with E-state index in [-0.39, 0.29) is 12.4 Å². The molecule has 1 rings (SSSR count). The van der Waals surface area contributed by atoms with Crippen molar-refractivity contribution in [3.05, 3.63) is 41.7 Å². The molecule has 5 nitrogen and oxygen atoms in total. The lowest BCUT2D eigenvalue weighted by Crippen LogP contribution is -2.33. The van der Waals surface area contributed by atoms with Crippen LogP contribution in [0.4, 0.5) is 9.18 Å². The maximum Gasteiger partial charge on any atom is 0.407 e. The van der Waals surface area contributed by atoms with Crippen LogP contribution in [0.15, 0.2) is 30.3 Å². The summed E-state index contributed by atoms with van der Waals surface area (Å²) in [4.78, 5) is 23.1. The van der Waals surface area contributed by atoms with Crippen LogP contribution in [0.1, 0.15) is 39.7 Å². The number of benzene rings is 1. The van der Waals surface area contributed by atoms with Gasteiger partial charge < -0.3 is 14.8 Å². The number of nitrogens with one attached hydrogen (secondary N) is 1. The highest BCUT2D eigenvalue weighted by Crippen LogP contribution is 2.14. The van der Waals surface area contributed by atoms with E-state index in [0.717, 1.165) is 5.56 Å². The van der Waals surface area contributed by atoms with Gasteiger partial charge in [0, 0.05) is 12.6 Å². The van der Waals surface area contributed by atoms with Crippen LogP contribution in [0.25, 0.3) is 5.57 Å². The Kier molecular flexibility index (Phi) is 7.42. The number of rotatable bonds is 6. The average molecular weight is 337 g/mol. The van der Waals surface area contributed by atoms with Gasteiger partial charge in [0.1, 0.15) is 11.4 Å². The van der Waals surface area contributed by atoms with Crippen LogP contribution in [0.3, 0.4) is 0 Å². The smallest absolute Gasteiger partial charge is 0.407 e. The summed E-state index contributed by atoms with van der Waals surface area (Å²) in [5.41, 5.74) is 0.894. The first-order valence-corrected chi connectivity index (χ1v) is 7.75. The largest absolute Gasteiger partial charge is 0.462 e. The van der Waals surface area contributed by atoms with Crippen molar-refractivity contribution in [2.24, 2.45) is 0 Å². The molecule has 0 fully saturated rings. The quantitative estimate of drug-likeness (QED) is 0.488. The molecule has 0 aliphatic carbocycles. The molecule has 0 aromatic heterocycles. The first-order valence-electron chi connectivity index (χ1n) is 7.75. The topological polar surface area (TPSA) is 64.6 Å². The van der Waals surface area contributed by atoms with Gasteiger partial charge in [0.2, 0.25) is 0 Å². The van der Waals surface area contributed by atoms with Crippen LogP contribution in [0.5, 0.6) is 0 Å². The van der Waals surface area contributed by atoms with Crippen LogP contribution in [0, 0.1) is 5.82 Å². The summed E-state index contributed by atoms with van der Waals surface area (Å²) in [6.07, 6.45) is 1.34. The van der Waals surface area contributed by atoms with Crippen molar-refractivity contribution >= 4 is 17.6 Å². The van der Waals surface area contributed by atoms with Gasteiger partial charge in [-0.3, -0.25) is 0 Å². The normalized spacial score (nSPS) is 11.8. The van der Waals surface area contributed by atoms with E-state index in [0.29, 0.717) is 18.5 Å². The van der Waals surface area contributed by atoms with Gasteiger partial charge in [-0.15, -0.1) is 0 Å². The Morgan fingerprint density at radius 2 is 1.83 bits per heavy atom. The van der Waals surface area contributed by atoms with E-state index in [9.17, 15) is 14.0 Å². The van der Waals surface area contributed by atoms with Crippen molar-refractivity contribution in [2.75, 3.05) is 13.2 Å². The number of carbonyl (C=O) groups is 2. The molecule has 0 spiro atoms. The SMILES string of the molecule is C/C(=C/C(=O)OCCCNC(=O)OC(C)(C)C)c1ccc(F)cc1. The molecule has 0 bridgehead atoms. The number of carbonyl (C=O) groups excluding carboxylic acids is 2. The number of hydrogen-bond donors (Lipinski definition) is 1. The molecule has 1 N–H and O–H groups in total. The fraction of sp³-hybridized carbons (Fsp3) is 0.444. The second-order valence-electron chi connectivity index (χ2n) is 6.28. The van der Waals surface area contributed by atoms with Crippen molar-refractivity contribution in [1.29, 1.82) is 0 Å². The molecule has 1 aromatic carbocycles. The molecular weight excluding hydrogens is 313 g/mol. The molecule has 1 amide bonds. The number of halogens is 1. The molecule has 0 saturated heterocycles. The Morgan fingerprint density at radius 1 is 1.21 bits per heavy atom. The lowest BCUT2D eigenvalue weighted by Gasteiger charge is -2.19. The minimum Gasteiger partial charge on any atom is -0.462 e. The highest BCUT2D eigenvalue weighted by molar-refractivity contribution is 5.90. The van der Waals surface area contributed by atoms with Crippen molar-refractivity contribution in [3.63, 3.8) is 0 Å². The molecule has 0 saturated carbocycles. The number of ether oxygens (including phenoxy) is 2. The Hall–Kier alpha value is -2.37. The van der Waals surface area contributed by atoms with Gasteiger partial charge in [-0.05, 0) is 57.4 Å². The zero-order chi connectivity index (χ0) is 18.2. The fourth-order valence-electron chi connectivity index (χ4n) is 1.76. The zero-order valence-corrected chi connectivity index (χ0v) is 14.5. The van der Waals surface area contributed by atoms with E-state index >= 15 is 0 Å². The number of alkyl carbamates (subject to hydrolysis) is 1. The van der Waals surface area contributed by atoms with Crippen molar-refractivity contribution < 1.29 is 23.5 Å². The van der Waals surface area contributed by atoms with E-state index in [4.69, 9.17) is 9.47 Å². The molecule has 0 heterocycles. The van der Waals surface area contributed by atoms with Gasteiger partial charge in [-0.25, -0.2) is 14.0 Å². The summed E-state index contributed by atoms with van der Waals surface area (Å²) < 4.78 is 23.0. The molecule has 24 heavy (non-hydrogen) atoms. The standard InChI is InChI=1S/C18H24FNO4/c1-13(14-6-8-15(19)9-7-14)12-16(21)23-11-5-10-20-17(22)24-18(2,3)4/h6-9,12H,5,10-11H2,1-4H3,(H,20,22)/b13-12-. The second kappa shape index (κ2) is 9.05. The van der Waals surface area contributed by atoms with E-state index in [1.807, 2.05) is 0 Å². The predicted octanol–water partition coefficient (Wildman–Crippen LogP) is 3.69. The van der Waals surface area contributed by atoms with Gasteiger partial charge in [0.05, 0.1) is 6.61 Å². The third-order valence-electron chi connectivity index (χ3n) is 2.87. The van der Waals surface area contributed by atoms with Crippen LogP contribution >= 0.6 is 0 Å². The Bertz CT molecular complexity index is 588. The van der Waals surface area contributed by atoms with Gasteiger partial charge in [-0.2, -0.15) is 0 Å². The Labute approximate surface area is 141 Å². The minimum absolute atomic E-state index is 0.182. The average Bonchev–Trinajstić information content (AvgIpc) is 2.45. The third kappa shape index (κ3) is 8.31. The minimum atomic E-state index is -0.542. The molecular formula is C18H24FNO4. The Balaban J connectivity index is 2.28. The first kappa shape index (κ1) is 19.7. The number of esters is 1. The predicted molar refractivity (Wildman–Crippen MR) is 89.9 cm³/mol. The molecule has 0 radical (unpaired) electrons. The summed E-state index contributed by atoms with van der Waals surface area (Å²) in [6, 6.07) is 5.86. The molecule has 0 aliphatic rings. The number of amides is 1. The highest BCUT2D eigenvalue weighted by atomic mass is 19.1. The van der Waals surface area contributed by atoms with E-state index in [1.165, 1.54) is 18.2 Å². The molecule has 132 valence electrons. The third-order valence-corrected chi connectivity index (χ3v) is 2.87. The van der Waals surface area contributed by atoms with Gasteiger partial charge >= 0.3 is 12.1 Å². The number of hydrogen-bond acceptors (Lipinski definition) is 4. The van der Waals surface area contributed by atoms with Gasteiger partial charge in [0.25, 0.3) is 0 Å². The lowest BCUT2D eigenvalue weighted by molar-refractivity contribution is -0.137. The summed E-state index contributed by atoms with van der Waals surface area (Å²) in [5, 5.41) is 2.58. The summed E-state index contributed by atoms with van der Waals surface area (Å²) in [6.45, 7) is 7.63. The van der Waals surface area contributed by atoms with E-state index in [2.05, 4.69) is 5.32 Å². The van der Waals surface area contributed by atoms with Crippen LogP contribution in [-0.4, -0.2) is 30.8 Å². The maximum absolute atomic E-state index is 12.8. The molecule has 0 aliphatic heterocycles. The van der Waals surface area contributed by atoms with E-state index < -0.39 is 17.7 Å². The monoisotopic (exact) mass is 337 g/mol. The molecule has 1 aromatic rings. The van der Waals surface area contributed by atoms with Crippen LogP contribution < -0.4 is 5.32 Å². The Morgan fingerprint density at radius 3 is 2.42 bits per heavy atom. The maximum atomic E-state index is 12.8. The number of allylic oxidation sites excluding steroid dienone is 1. The summed E-state index contributed by atoms with van der Waals surface area (Å²) >= 11 is 0. The van der Waals surface area contributed by atoms with Crippen molar-refractivity contribution in [1.82, 2.24) is 5.32 Å². The molecule has 6 heteroatoms. The lowest BCUT2D eigenvalue weighted by atomic mass is 10.1. The zero-order valence-electron chi connectivity index (χ0n) is 14.5. The van der Waals surface area contributed by atoms with Crippen LogP contribution in [-0.2, 0) is 14.3 Å². The van der Waals surface area contributed by atoms with Crippen LogP contribution in [0.2, 0.25) is 0 Å². The van der Waals surface area contributed by atoms with Crippen molar-refractivity contribution in [3.8, 4) is 0 Å². The summed E-state index contributed by atoms with van der Waals surface area (Å²) in [5.74, 6) is -0.805. The second-order valence-corrected chi connectivity index (χ2v) is 6.28. The first-order chi connectivity index (χ1) is 11.2. The van der Waals surface area contributed by atoms with E-state index in [1.54, 1.807) is 39.8 Å².